The zero-order valence-corrected chi connectivity index (χ0v) is 10.9. The first kappa shape index (κ1) is 13.6. The predicted octanol–water partition coefficient (Wildman–Crippen LogP) is 2.76. The molecule has 0 aliphatic rings. The molecule has 94 valence electrons. The van der Waals surface area contributed by atoms with Crippen LogP contribution in [0.1, 0.15) is 19.4 Å². The van der Waals surface area contributed by atoms with Gasteiger partial charge in [0.25, 0.3) is 0 Å². The van der Waals surface area contributed by atoms with Gasteiger partial charge in [0.1, 0.15) is 18.1 Å². The van der Waals surface area contributed by atoms with Gasteiger partial charge in [-0.1, -0.05) is 19.6 Å². The van der Waals surface area contributed by atoms with Gasteiger partial charge in [0.15, 0.2) is 0 Å². The number of benzene rings is 1. The minimum absolute atomic E-state index is 0.534. The van der Waals surface area contributed by atoms with Crippen LogP contribution in [0.4, 0.5) is 0 Å². The number of rotatable bonds is 7. The number of hydrogen-bond donors (Lipinski definition) is 1. The Morgan fingerprint density at radius 3 is 2.76 bits per heavy atom. The average molecular weight is 235 g/mol. The van der Waals surface area contributed by atoms with Gasteiger partial charge in [-0.15, -0.1) is 0 Å². The molecule has 0 saturated heterocycles. The van der Waals surface area contributed by atoms with Crippen molar-refractivity contribution >= 4 is 0 Å². The molecule has 3 nitrogen and oxygen atoms in total. The topological polar surface area (TPSA) is 30.5 Å². The maximum absolute atomic E-state index is 5.72. The molecule has 0 amide bonds. The van der Waals surface area contributed by atoms with Gasteiger partial charge in [-0.05, 0) is 25.1 Å². The molecule has 0 heterocycles. The van der Waals surface area contributed by atoms with Crippen molar-refractivity contribution in [1.29, 1.82) is 0 Å². The molecule has 0 aliphatic carbocycles. The van der Waals surface area contributed by atoms with Crippen LogP contribution in [0.2, 0.25) is 0 Å². The van der Waals surface area contributed by atoms with Gasteiger partial charge in [-0.3, -0.25) is 0 Å². The van der Waals surface area contributed by atoms with E-state index in [0.717, 1.165) is 35.7 Å². The normalized spacial score (nSPS) is 10.1. The zero-order valence-electron chi connectivity index (χ0n) is 10.9. The van der Waals surface area contributed by atoms with Crippen LogP contribution in [0.3, 0.4) is 0 Å². The average Bonchev–Trinajstić information content (AvgIpc) is 2.34. The number of ether oxygens (including phenoxy) is 2. The fourth-order valence-electron chi connectivity index (χ4n) is 1.40. The molecule has 1 aromatic rings. The largest absolute Gasteiger partial charge is 0.497 e. The highest BCUT2D eigenvalue weighted by molar-refractivity contribution is 5.40. The highest BCUT2D eigenvalue weighted by Gasteiger charge is 2.05. The summed E-state index contributed by atoms with van der Waals surface area (Å²) in [6.45, 7) is 10.1. The fourth-order valence-corrected chi connectivity index (χ4v) is 1.40. The van der Waals surface area contributed by atoms with E-state index in [4.69, 9.17) is 9.47 Å². The third-order valence-electron chi connectivity index (χ3n) is 2.31. The van der Waals surface area contributed by atoms with Gasteiger partial charge in [0.2, 0.25) is 0 Å². The van der Waals surface area contributed by atoms with Gasteiger partial charge < -0.3 is 14.8 Å². The van der Waals surface area contributed by atoms with E-state index >= 15 is 0 Å². The highest BCUT2D eigenvalue weighted by Crippen LogP contribution is 2.25. The molecule has 0 bridgehead atoms. The summed E-state index contributed by atoms with van der Waals surface area (Å²) in [4.78, 5) is 0. The van der Waals surface area contributed by atoms with Crippen molar-refractivity contribution in [2.75, 3.05) is 20.3 Å². The summed E-state index contributed by atoms with van der Waals surface area (Å²) in [5.74, 6) is 1.66. The highest BCUT2D eigenvalue weighted by atomic mass is 16.5. The van der Waals surface area contributed by atoms with Crippen LogP contribution in [0.25, 0.3) is 0 Å². The zero-order chi connectivity index (χ0) is 12.7. The van der Waals surface area contributed by atoms with Crippen molar-refractivity contribution in [3.8, 4) is 11.5 Å². The second-order valence-corrected chi connectivity index (χ2v) is 4.00. The number of nitrogens with one attached hydrogen (secondary N) is 1. The molecular formula is C14H21NO2. The van der Waals surface area contributed by atoms with E-state index in [2.05, 4.69) is 18.8 Å². The molecule has 0 atom stereocenters. The van der Waals surface area contributed by atoms with Gasteiger partial charge in [-0.25, -0.2) is 0 Å². The molecule has 0 fully saturated rings. The molecule has 0 spiro atoms. The van der Waals surface area contributed by atoms with Crippen molar-refractivity contribution in [2.45, 2.75) is 20.4 Å². The summed E-state index contributed by atoms with van der Waals surface area (Å²) in [7, 11) is 1.65. The van der Waals surface area contributed by atoms with Crippen molar-refractivity contribution in [2.24, 2.45) is 0 Å². The second-order valence-electron chi connectivity index (χ2n) is 4.00. The number of hydrogen-bond acceptors (Lipinski definition) is 3. The van der Waals surface area contributed by atoms with Crippen LogP contribution < -0.4 is 14.8 Å². The fraction of sp³-hybridized carbons (Fsp3) is 0.429. The summed E-state index contributed by atoms with van der Waals surface area (Å²) >= 11 is 0. The van der Waals surface area contributed by atoms with Crippen molar-refractivity contribution in [1.82, 2.24) is 5.32 Å². The SMILES string of the molecule is C=C(C)COc1cc(OC)ccc1CNCC. The molecule has 3 heteroatoms. The quantitative estimate of drug-likeness (QED) is 0.737. The van der Waals surface area contributed by atoms with E-state index in [0.29, 0.717) is 6.61 Å². The summed E-state index contributed by atoms with van der Waals surface area (Å²) in [5, 5.41) is 3.29. The predicted molar refractivity (Wildman–Crippen MR) is 70.7 cm³/mol. The Hall–Kier alpha value is -1.48. The van der Waals surface area contributed by atoms with E-state index in [9.17, 15) is 0 Å². The Balaban J connectivity index is 2.82. The standard InChI is InChI=1S/C14H21NO2/c1-5-15-9-12-6-7-13(16-4)8-14(12)17-10-11(2)3/h6-8,15H,2,5,9-10H2,1,3-4H3. The van der Waals surface area contributed by atoms with E-state index in [1.807, 2.05) is 25.1 Å². The molecule has 0 aliphatic heterocycles. The Morgan fingerprint density at radius 1 is 1.41 bits per heavy atom. The molecule has 1 aromatic carbocycles. The lowest BCUT2D eigenvalue weighted by atomic mass is 10.2. The first-order valence-corrected chi connectivity index (χ1v) is 5.82. The monoisotopic (exact) mass is 235 g/mol. The third-order valence-corrected chi connectivity index (χ3v) is 2.31. The van der Waals surface area contributed by atoms with Gasteiger partial charge in [0.05, 0.1) is 7.11 Å². The smallest absolute Gasteiger partial charge is 0.127 e. The van der Waals surface area contributed by atoms with Crippen LogP contribution in [-0.4, -0.2) is 20.3 Å². The van der Waals surface area contributed by atoms with E-state index in [-0.39, 0.29) is 0 Å². The first-order chi connectivity index (χ1) is 8.17. The minimum atomic E-state index is 0.534. The molecule has 1 rings (SSSR count). The molecule has 0 radical (unpaired) electrons. The summed E-state index contributed by atoms with van der Waals surface area (Å²) in [5.41, 5.74) is 2.14. The Bertz CT molecular complexity index is 374. The van der Waals surface area contributed by atoms with E-state index in [1.54, 1.807) is 7.11 Å². The van der Waals surface area contributed by atoms with E-state index in [1.165, 1.54) is 0 Å². The lowest BCUT2D eigenvalue weighted by molar-refractivity contribution is 0.343. The maximum atomic E-state index is 5.72. The van der Waals surface area contributed by atoms with Crippen molar-refractivity contribution in [3.63, 3.8) is 0 Å². The number of methoxy groups -OCH3 is 1. The van der Waals surface area contributed by atoms with Gasteiger partial charge in [-0.2, -0.15) is 0 Å². The first-order valence-electron chi connectivity index (χ1n) is 5.82. The summed E-state index contributed by atoms with van der Waals surface area (Å²) in [6, 6.07) is 5.88. The second kappa shape index (κ2) is 6.97. The van der Waals surface area contributed by atoms with Gasteiger partial charge >= 0.3 is 0 Å². The van der Waals surface area contributed by atoms with E-state index < -0.39 is 0 Å². The maximum Gasteiger partial charge on any atom is 0.127 e. The van der Waals surface area contributed by atoms with Crippen LogP contribution in [0.5, 0.6) is 11.5 Å². The summed E-state index contributed by atoms with van der Waals surface area (Å²) < 4.78 is 10.9. The molecule has 0 aromatic heterocycles. The Labute approximate surface area is 103 Å². The molecular weight excluding hydrogens is 214 g/mol. The van der Waals surface area contributed by atoms with Crippen molar-refractivity contribution in [3.05, 3.63) is 35.9 Å². The molecule has 17 heavy (non-hydrogen) atoms. The Morgan fingerprint density at radius 2 is 2.18 bits per heavy atom. The van der Waals surface area contributed by atoms with Crippen molar-refractivity contribution < 1.29 is 9.47 Å². The van der Waals surface area contributed by atoms with Crippen LogP contribution in [0, 0.1) is 0 Å². The van der Waals surface area contributed by atoms with Gasteiger partial charge in [0, 0.05) is 18.2 Å². The minimum Gasteiger partial charge on any atom is -0.497 e. The van der Waals surface area contributed by atoms with Crippen LogP contribution >= 0.6 is 0 Å². The van der Waals surface area contributed by atoms with Crippen LogP contribution in [0.15, 0.2) is 30.4 Å². The lowest BCUT2D eigenvalue weighted by Gasteiger charge is -2.13. The lowest BCUT2D eigenvalue weighted by Crippen LogP contribution is -2.13. The molecule has 0 saturated carbocycles. The molecule has 1 N–H and O–H groups in total. The third kappa shape index (κ3) is 4.49. The van der Waals surface area contributed by atoms with Crippen LogP contribution in [-0.2, 0) is 6.54 Å². The Kier molecular flexibility index (Phi) is 5.57. The molecule has 0 unspecified atom stereocenters. The summed E-state index contributed by atoms with van der Waals surface area (Å²) in [6.07, 6.45) is 0.